The number of carbonyl (C=O) groups is 1. The molecule has 1 fully saturated rings. The molecular weight excluding hydrogens is 338 g/mol. The molecule has 0 bridgehead atoms. The van der Waals surface area contributed by atoms with Crippen molar-refractivity contribution in [2.45, 2.75) is 6.92 Å². The summed E-state index contributed by atoms with van der Waals surface area (Å²) in [5.41, 5.74) is 9.87. The molecule has 0 spiro atoms. The molecule has 27 heavy (non-hydrogen) atoms. The number of amides is 1. The van der Waals surface area contributed by atoms with Crippen LogP contribution in [0.1, 0.15) is 21.6 Å². The fourth-order valence-electron chi connectivity index (χ4n) is 3.73. The highest BCUT2D eigenvalue weighted by Crippen LogP contribution is 2.26. The number of rotatable bonds is 3. The van der Waals surface area contributed by atoms with Crippen LogP contribution < -0.4 is 10.6 Å². The van der Waals surface area contributed by atoms with Gasteiger partial charge < -0.3 is 20.5 Å². The van der Waals surface area contributed by atoms with Crippen LogP contribution in [-0.2, 0) is 0 Å². The summed E-state index contributed by atoms with van der Waals surface area (Å²) in [6, 6.07) is 15.8. The normalized spacial score (nSPS) is 14.6. The Morgan fingerprint density at radius 1 is 1.07 bits per heavy atom. The van der Waals surface area contributed by atoms with Crippen LogP contribution in [0.2, 0.25) is 0 Å². The van der Waals surface area contributed by atoms with Crippen LogP contribution in [-0.4, -0.2) is 47.8 Å². The van der Waals surface area contributed by atoms with Crippen molar-refractivity contribution in [1.29, 1.82) is 5.41 Å². The number of piperazine rings is 1. The lowest BCUT2D eigenvalue weighted by molar-refractivity contribution is 0.0748. The fourth-order valence-corrected chi connectivity index (χ4v) is 3.73. The Morgan fingerprint density at radius 2 is 1.78 bits per heavy atom. The second-order valence-electron chi connectivity index (χ2n) is 6.91. The molecule has 0 aliphatic carbocycles. The smallest absolute Gasteiger partial charge is 0.256 e. The summed E-state index contributed by atoms with van der Waals surface area (Å²) in [6.07, 6.45) is 0. The molecule has 1 saturated heterocycles. The Balaban J connectivity index is 1.57. The maximum Gasteiger partial charge on any atom is 0.256 e. The summed E-state index contributed by atoms with van der Waals surface area (Å²) in [6.45, 7) is 4.92. The van der Waals surface area contributed by atoms with Crippen molar-refractivity contribution in [2.24, 2.45) is 5.73 Å². The van der Waals surface area contributed by atoms with Crippen LogP contribution in [0.4, 0.5) is 5.69 Å². The minimum Gasteiger partial charge on any atom is -0.384 e. The molecule has 0 atom stereocenters. The SMILES string of the molecule is Cc1[nH]c2ccc(C(=N)N)cc2c1C(=O)N1CCN(c2ccccc2)CC1. The lowest BCUT2D eigenvalue weighted by Crippen LogP contribution is -2.48. The largest absolute Gasteiger partial charge is 0.384 e. The highest BCUT2D eigenvalue weighted by molar-refractivity contribution is 6.10. The van der Waals surface area contributed by atoms with Gasteiger partial charge in [-0.1, -0.05) is 18.2 Å². The minimum absolute atomic E-state index is 0.00521. The number of hydrogen-bond donors (Lipinski definition) is 3. The van der Waals surface area contributed by atoms with E-state index in [1.54, 1.807) is 6.07 Å². The first-order valence-electron chi connectivity index (χ1n) is 9.10. The Labute approximate surface area is 158 Å². The molecule has 4 rings (SSSR count). The molecule has 1 aliphatic heterocycles. The van der Waals surface area contributed by atoms with E-state index in [0.717, 1.165) is 29.7 Å². The number of para-hydroxylation sites is 1. The van der Waals surface area contributed by atoms with E-state index in [1.807, 2.05) is 42.2 Å². The predicted molar refractivity (Wildman–Crippen MR) is 109 cm³/mol. The molecule has 0 saturated carbocycles. The minimum atomic E-state index is 0.00521. The first-order chi connectivity index (χ1) is 13.0. The number of benzene rings is 2. The maximum absolute atomic E-state index is 13.2. The summed E-state index contributed by atoms with van der Waals surface area (Å²) in [5, 5.41) is 8.49. The van der Waals surface area contributed by atoms with Crippen LogP contribution in [0.15, 0.2) is 48.5 Å². The molecule has 4 N–H and O–H groups in total. The first-order valence-corrected chi connectivity index (χ1v) is 9.10. The number of nitrogens with one attached hydrogen (secondary N) is 2. The van der Waals surface area contributed by atoms with Gasteiger partial charge in [0, 0.05) is 54.0 Å². The van der Waals surface area contributed by atoms with E-state index in [4.69, 9.17) is 11.1 Å². The van der Waals surface area contributed by atoms with Crippen LogP contribution in [0.3, 0.4) is 0 Å². The number of carbonyl (C=O) groups excluding carboxylic acids is 1. The monoisotopic (exact) mass is 361 g/mol. The van der Waals surface area contributed by atoms with E-state index in [-0.39, 0.29) is 11.7 Å². The third-order valence-corrected chi connectivity index (χ3v) is 5.20. The third-order valence-electron chi connectivity index (χ3n) is 5.20. The van der Waals surface area contributed by atoms with E-state index >= 15 is 0 Å². The summed E-state index contributed by atoms with van der Waals surface area (Å²) in [4.78, 5) is 20.7. The average molecular weight is 361 g/mol. The van der Waals surface area contributed by atoms with Crippen molar-refractivity contribution >= 4 is 28.3 Å². The molecular formula is C21H23N5O. The number of nitrogens with two attached hydrogens (primary N) is 1. The quantitative estimate of drug-likeness (QED) is 0.495. The number of nitrogen functional groups attached to an aromatic ring is 1. The molecule has 3 aromatic rings. The van der Waals surface area contributed by atoms with Gasteiger partial charge in [-0.05, 0) is 37.3 Å². The van der Waals surface area contributed by atoms with Gasteiger partial charge in [-0.15, -0.1) is 0 Å². The van der Waals surface area contributed by atoms with Crippen molar-refractivity contribution in [3.05, 3.63) is 65.4 Å². The number of fused-ring (bicyclic) bond motifs is 1. The number of aromatic nitrogens is 1. The van der Waals surface area contributed by atoms with Crippen LogP contribution >= 0.6 is 0 Å². The fraction of sp³-hybridized carbons (Fsp3) is 0.238. The zero-order chi connectivity index (χ0) is 19.0. The molecule has 0 unspecified atom stereocenters. The van der Waals surface area contributed by atoms with E-state index in [9.17, 15) is 4.79 Å². The van der Waals surface area contributed by atoms with Gasteiger partial charge in [0.05, 0.1) is 5.56 Å². The van der Waals surface area contributed by atoms with Crippen LogP contribution in [0.5, 0.6) is 0 Å². The molecule has 2 aromatic carbocycles. The van der Waals surface area contributed by atoms with E-state index in [0.29, 0.717) is 24.2 Å². The molecule has 6 heteroatoms. The van der Waals surface area contributed by atoms with E-state index in [1.165, 1.54) is 5.69 Å². The Hall–Kier alpha value is -3.28. The van der Waals surface area contributed by atoms with Gasteiger partial charge in [0.25, 0.3) is 5.91 Å². The molecule has 1 amide bonds. The second kappa shape index (κ2) is 6.79. The third kappa shape index (κ3) is 3.14. The van der Waals surface area contributed by atoms with Crippen molar-refractivity contribution < 1.29 is 4.79 Å². The summed E-state index contributed by atoms with van der Waals surface area (Å²) >= 11 is 0. The number of H-pyrrole nitrogens is 1. The predicted octanol–water partition coefficient (Wildman–Crippen LogP) is 2.72. The highest BCUT2D eigenvalue weighted by Gasteiger charge is 2.26. The zero-order valence-corrected chi connectivity index (χ0v) is 15.3. The van der Waals surface area contributed by atoms with Gasteiger partial charge in [0.2, 0.25) is 0 Å². The zero-order valence-electron chi connectivity index (χ0n) is 15.3. The van der Waals surface area contributed by atoms with Gasteiger partial charge in [-0.25, -0.2) is 0 Å². The van der Waals surface area contributed by atoms with Crippen LogP contribution in [0.25, 0.3) is 10.9 Å². The molecule has 1 aliphatic rings. The summed E-state index contributed by atoms with van der Waals surface area (Å²) in [5.74, 6) is 0.0396. The Kier molecular flexibility index (Phi) is 4.32. The summed E-state index contributed by atoms with van der Waals surface area (Å²) < 4.78 is 0. The van der Waals surface area contributed by atoms with Gasteiger partial charge in [0.1, 0.15) is 5.84 Å². The molecule has 0 radical (unpaired) electrons. The Bertz CT molecular complexity index is 1000. The summed E-state index contributed by atoms with van der Waals surface area (Å²) in [7, 11) is 0. The first kappa shape index (κ1) is 17.1. The number of aryl methyl sites for hydroxylation is 1. The standard InChI is InChI=1S/C21H23N5O/c1-14-19(17-13-15(20(22)23)7-8-18(17)24-14)21(27)26-11-9-25(10-12-26)16-5-3-2-4-6-16/h2-8,13,24H,9-12H2,1H3,(H3,22,23). The molecule has 2 heterocycles. The second-order valence-corrected chi connectivity index (χ2v) is 6.91. The van der Waals surface area contributed by atoms with Crippen molar-refractivity contribution in [3.8, 4) is 0 Å². The number of nitrogens with zero attached hydrogens (tertiary/aromatic N) is 2. The van der Waals surface area contributed by atoms with Crippen molar-refractivity contribution in [2.75, 3.05) is 31.1 Å². The van der Waals surface area contributed by atoms with Crippen LogP contribution in [0, 0.1) is 12.3 Å². The van der Waals surface area contributed by atoms with Crippen molar-refractivity contribution in [1.82, 2.24) is 9.88 Å². The van der Waals surface area contributed by atoms with Gasteiger partial charge in [-0.3, -0.25) is 10.2 Å². The van der Waals surface area contributed by atoms with E-state index in [2.05, 4.69) is 22.0 Å². The molecule has 6 nitrogen and oxygen atoms in total. The maximum atomic E-state index is 13.2. The topological polar surface area (TPSA) is 89.2 Å². The Morgan fingerprint density at radius 3 is 2.44 bits per heavy atom. The van der Waals surface area contributed by atoms with Gasteiger partial charge >= 0.3 is 0 Å². The number of amidine groups is 1. The lowest BCUT2D eigenvalue weighted by Gasteiger charge is -2.36. The average Bonchev–Trinajstić information content (AvgIpc) is 3.03. The molecule has 138 valence electrons. The van der Waals surface area contributed by atoms with Crippen molar-refractivity contribution in [3.63, 3.8) is 0 Å². The molecule has 1 aromatic heterocycles. The van der Waals surface area contributed by atoms with Gasteiger partial charge in [-0.2, -0.15) is 0 Å². The van der Waals surface area contributed by atoms with Gasteiger partial charge in [0.15, 0.2) is 0 Å². The lowest BCUT2D eigenvalue weighted by atomic mass is 10.1. The highest BCUT2D eigenvalue weighted by atomic mass is 16.2. The number of anilines is 1. The number of hydrogen-bond acceptors (Lipinski definition) is 3. The van der Waals surface area contributed by atoms with E-state index < -0.39 is 0 Å². The number of aromatic amines is 1.